The second kappa shape index (κ2) is 7.35. The maximum absolute atomic E-state index is 12.0. The lowest BCUT2D eigenvalue weighted by Crippen LogP contribution is -2.54. The van der Waals surface area contributed by atoms with Crippen LogP contribution in [0.4, 0.5) is 16.2 Å². The molecular formula is C17H19ClN4O. The number of benzene rings is 2. The fourth-order valence-electron chi connectivity index (χ4n) is 2.55. The summed E-state index contributed by atoms with van der Waals surface area (Å²) >= 11 is 5.92. The number of amides is 2. The van der Waals surface area contributed by atoms with Crippen molar-refractivity contribution in [2.75, 3.05) is 36.4 Å². The number of nitrogens with zero attached hydrogens (tertiary/aromatic N) is 2. The second-order valence-corrected chi connectivity index (χ2v) is 5.82. The number of nitrogens with one attached hydrogen (secondary N) is 2. The van der Waals surface area contributed by atoms with Crippen molar-refractivity contribution in [3.8, 4) is 0 Å². The van der Waals surface area contributed by atoms with Crippen LogP contribution in [-0.4, -0.2) is 37.2 Å². The van der Waals surface area contributed by atoms with E-state index in [0.29, 0.717) is 0 Å². The van der Waals surface area contributed by atoms with Crippen LogP contribution in [0.5, 0.6) is 0 Å². The minimum atomic E-state index is -0.212. The molecule has 0 aromatic heterocycles. The lowest BCUT2D eigenvalue weighted by Gasteiger charge is -2.36. The molecule has 2 amide bonds. The van der Waals surface area contributed by atoms with Crippen LogP contribution in [0.25, 0.3) is 0 Å². The third-order valence-electron chi connectivity index (χ3n) is 3.76. The first-order valence-corrected chi connectivity index (χ1v) is 7.97. The van der Waals surface area contributed by atoms with E-state index in [2.05, 4.69) is 15.6 Å². The first kappa shape index (κ1) is 15.6. The Hall–Kier alpha value is -2.24. The van der Waals surface area contributed by atoms with Crippen LogP contribution in [0, 0.1) is 0 Å². The molecule has 0 atom stereocenters. The number of halogens is 1. The molecule has 0 unspecified atom stereocenters. The van der Waals surface area contributed by atoms with E-state index >= 15 is 0 Å². The van der Waals surface area contributed by atoms with Gasteiger partial charge >= 0.3 is 6.03 Å². The molecule has 1 heterocycles. The average Bonchev–Trinajstić information content (AvgIpc) is 2.57. The molecule has 5 nitrogen and oxygen atoms in total. The van der Waals surface area contributed by atoms with Gasteiger partial charge in [0.25, 0.3) is 0 Å². The molecule has 1 fully saturated rings. The number of hydrogen-bond acceptors (Lipinski definition) is 3. The number of rotatable bonds is 3. The van der Waals surface area contributed by atoms with Crippen molar-refractivity contribution in [3.05, 3.63) is 59.6 Å². The normalized spacial score (nSPS) is 15.3. The van der Waals surface area contributed by atoms with E-state index in [1.165, 1.54) is 0 Å². The van der Waals surface area contributed by atoms with Crippen LogP contribution in [0.15, 0.2) is 54.6 Å². The molecule has 0 saturated carbocycles. The van der Waals surface area contributed by atoms with Crippen LogP contribution in [0.2, 0.25) is 5.02 Å². The maximum Gasteiger partial charge on any atom is 0.333 e. The molecule has 2 aromatic carbocycles. The van der Waals surface area contributed by atoms with Gasteiger partial charge in [0.1, 0.15) is 0 Å². The number of piperazine rings is 1. The van der Waals surface area contributed by atoms with E-state index in [1.807, 2.05) is 59.6 Å². The zero-order valence-corrected chi connectivity index (χ0v) is 13.5. The zero-order chi connectivity index (χ0) is 16.1. The summed E-state index contributed by atoms with van der Waals surface area (Å²) in [6, 6.07) is 17.0. The zero-order valence-electron chi connectivity index (χ0n) is 12.7. The van der Waals surface area contributed by atoms with Gasteiger partial charge in [0, 0.05) is 42.6 Å². The Bertz CT molecular complexity index is 639. The van der Waals surface area contributed by atoms with Crippen molar-refractivity contribution in [1.29, 1.82) is 0 Å². The van der Waals surface area contributed by atoms with Crippen LogP contribution in [-0.2, 0) is 0 Å². The monoisotopic (exact) mass is 330 g/mol. The molecule has 120 valence electrons. The van der Waals surface area contributed by atoms with E-state index in [0.717, 1.165) is 42.6 Å². The number of anilines is 2. The fraction of sp³-hybridized carbons (Fsp3) is 0.235. The summed E-state index contributed by atoms with van der Waals surface area (Å²) in [7, 11) is 0. The Morgan fingerprint density at radius 2 is 1.57 bits per heavy atom. The highest BCUT2D eigenvalue weighted by molar-refractivity contribution is 6.30. The highest BCUT2D eigenvalue weighted by Crippen LogP contribution is 2.19. The van der Waals surface area contributed by atoms with Gasteiger partial charge in [-0.15, -0.1) is 0 Å². The van der Waals surface area contributed by atoms with Gasteiger partial charge in [0.05, 0.1) is 0 Å². The van der Waals surface area contributed by atoms with Crippen LogP contribution in [0.3, 0.4) is 0 Å². The number of carbonyl (C=O) groups is 1. The summed E-state index contributed by atoms with van der Waals surface area (Å²) in [4.78, 5) is 14.3. The number of hydrazine groups is 1. The Labute approximate surface area is 140 Å². The van der Waals surface area contributed by atoms with Gasteiger partial charge in [0.2, 0.25) is 0 Å². The smallest absolute Gasteiger partial charge is 0.333 e. The Morgan fingerprint density at radius 3 is 2.22 bits per heavy atom. The lowest BCUT2D eigenvalue weighted by molar-refractivity contribution is 0.178. The van der Waals surface area contributed by atoms with Gasteiger partial charge in [-0.2, -0.15) is 0 Å². The predicted octanol–water partition coefficient (Wildman–Crippen LogP) is 3.20. The number of hydrogen-bond donors (Lipinski definition) is 2. The minimum absolute atomic E-state index is 0.212. The summed E-state index contributed by atoms with van der Waals surface area (Å²) in [5.74, 6) is 0. The second-order valence-electron chi connectivity index (χ2n) is 5.38. The van der Waals surface area contributed by atoms with Gasteiger partial charge < -0.3 is 10.2 Å². The van der Waals surface area contributed by atoms with Gasteiger partial charge in [0.15, 0.2) is 0 Å². The molecule has 2 aromatic rings. The van der Waals surface area contributed by atoms with E-state index in [-0.39, 0.29) is 6.03 Å². The molecule has 0 bridgehead atoms. The molecule has 2 N–H and O–H groups in total. The molecule has 3 rings (SSSR count). The molecule has 1 saturated heterocycles. The molecule has 1 aliphatic rings. The summed E-state index contributed by atoms with van der Waals surface area (Å²) in [6.45, 7) is 3.25. The minimum Gasteiger partial charge on any atom is -0.369 e. The maximum atomic E-state index is 12.0. The molecule has 0 aliphatic carbocycles. The Balaban J connectivity index is 1.47. The Morgan fingerprint density at radius 1 is 0.913 bits per heavy atom. The fourth-order valence-corrected chi connectivity index (χ4v) is 2.68. The standard InChI is InChI=1S/C17H19ClN4O/c18-14-6-8-16(9-7-14)21-10-12-22(13-11-21)20-17(23)19-15-4-2-1-3-5-15/h1-9H,10-13H2,(H2,19,20,23). The summed E-state index contributed by atoms with van der Waals surface area (Å²) in [5.41, 5.74) is 4.82. The van der Waals surface area contributed by atoms with Gasteiger partial charge in [-0.3, -0.25) is 5.43 Å². The number of urea groups is 1. The van der Waals surface area contributed by atoms with Crippen molar-refractivity contribution >= 4 is 29.0 Å². The quantitative estimate of drug-likeness (QED) is 0.908. The van der Waals surface area contributed by atoms with Crippen molar-refractivity contribution in [3.63, 3.8) is 0 Å². The topological polar surface area (TPSA) is 47.6 Å². The van der Waals surface area contributed by atoms with Crippen LogP contribution >= 0.6 is 11.6 Å². The van der Waals surface area contributed by atoms with Crippen molar-refractivity contribution < 1.29 is 4.79 Å². The first-order valence-electron chi connectivity index (χ1n) is 7.59. The highest BCUT2D eigenvalue weighted by Gasteiger charge is 2.18. The third-order valence-corrected chi connectivity index (χ3v) is 4.01. The molecule has 0 spiro atoms. The van der Waals surface area contributed by atoms with Crippen LogP contribution < -0.4 is 15.6 Å². The van der Waals surface area contributed by atoms with Gasteiger partial charge in [-0.25, -0.2) is 9.80 Å². The van der Waals surface area contributed by atoms with E-state index in [4.69, 9.17) is 11.6 Å². The van der Waals surface area contributed by atoms with Crippen molar-refractivity contribution in [2.45, 2.75) is 0 Å². The highest BCUT2D eigenvalue weighted by atomic mass is 35.5. The number of para-hydroxylation sites is 1. The van der Waals surface area contributed by atoms with E-state index in [1.54, 1.807) is 0 Å². The summed E-state index contributed by atoms with van der Waals surface area (Å²) in [6.07, 6.45) is 0. The van der Waals surface area contributed by atoms with E-state index < -0.39 is 0 Å². The molecule has 1 aliphatic heterocycles. The average molecular weight is 331 g/mol. The summed E-state index contributed by atoms with van der Waals surface area (Å²) in [5, 5.41) is 5.50. The van der Waals surface area contributed by atoms with Gasteiger partial charge in [-0.1, -0.05) is 29.8 Å². The first-order chi connectivity index (χ1) is 11.2. The summed E-state index contributed by atoms with van der Waals surface area (Å²) < 4.78 is 0. The van der Waals surface area contributed by atoms with Crippen molar-refractivity contribution in [1.82, 2.24) is 10.4 Å². The van der Waals surface area contributed by atoms with Gasteiger partial charge in [-0.05, 0) is 36.4 Å². The largest absolute Gasteiger partial charge is 0.369 e. The predicted molar refractivity (Wildman–Crippen MR) is 93.8 cm³/mol. The lowest BCUT2D eigenvalue weighted by atomic mass is 10.2. The Kier molecular flexibility index (Phi) is 5.00. The molecule has 0 radical (unpaired) electrons. The van der Waals surface area contributed by atoms with Crippen molar-refractivity contribution in [2.24, 2.45) is 0 Å². The molecule has 6 heteroatoms. The SMILES string of the molecule is O=C(Nc1ccccc1)NN1CCN(c2ccc(Cl)cc2)CC1. The molecular weight excluding hydrogens is 312 g/mol. The van der Waals surface area contributed by atoms with E-state index in [9.17, 15) is 4.79 Å². The number of carbonyl (C=O) groups excluding carboxylic acids is 1. The third kappa shape index (κ3) is 4.37. The molecule has 23 heavy (non-hydrogen) atoms. The van der Waals surface area contributed by atoms with Crippen LogP contribution in [0.1, 0.15) is 0 Å².